The molecule has 1 atom stereocenters. The quantitative estimate of drug-likeness (QED) is 0.630. The van der Waals surface area contributed by atoms with Gasteiger partial charge in [-0.15, -0.1) is 0 Å². The lowest BCUT2D eigenvalue weighted by Crippen LogP contribution is -2.27. The van der Waals surface area contributed by atoms with Gasteiger partial charge in [0, 0.05) is 5.56 Å². The number of hydrogen-bond donors (Lipinski definition) is 1. The summed E-state index contributed by atoms with van der Waals surface area (Å²) in [5, 5.41) is 2.87. The van der Waals surface area contributed by atoms with Gasteiger partial charge in [0.2, 0.25) is 5.75 Å². The van der Waals surface area contributed by atoms with Crippen LogP contribution in [0.15, 0.2) is 30.3 Å². The summed E-state index contributed by atoms with van der Waals surface area (Å²) in [5.74, 6) is 0.685. The number of benzene rings is 2. The number of amides is 1. The second-order valence-electron chi connectivity index (χ2n) is 6.19. The standard InChI is InChI=1S/C22H28FNO5/c1-6-27-19-12-16(13-20(28-7-2)21(19)29-8-3)22(25)24-14(4)15-9-10-18(26-5)17(23)11-15/h9-14H,6-8H2,1-5H3,(H,24,25)/t14-/m1/s1. The normalized spacial score (nSPS) is 11.5. The molecule has 29 heavy (non-hydrogen) atoms. The van der Waals surface area contributed by atoms with Crippen LogP contribution in [0.5, 0.6) is 23.0 Å². The molecule has 2 aromatic carbocycles. The summed E-state index contributed by atoms with van der Waals surface area (Å²) in [6.45, 7) is 8.61. The minimum absolute atomic E-state index is 0.154. The van der Waals surface area contributed by atoms with E-state index in [2.05, 4.69) is 5.32 Å². The fourth-order valence-corrected chi connectivity index (χ4v) is 2.84. The molecule has 6 nitrogen and oxygen atoms in total. The van der Waals surface area contributed by atoms with Crippen LogP contribution in [0, 0.1) is 5.82 Å². The van der Waals surface area contributed by atoms with Gasteiger partial charge in [0.25, 0.3) is 5.91 Å². The van der Waals surface area contributed by atoms with Crippen molar-refractivity contribution in [2.45, 2.75) is 33.7 Å². The number of carbonyl (C=O) groups is 1. The van der Waals surface area contributed by atoms with Crippen LogP contribution in [0.4, 0.5) is 4.39 Å². The predicted octanol–water partition coefficient (Wildman–Crippen LogP) is 4.52. The Kier molecular flexibility index (Phi) is 8.12. The minimum Gasteiger partial charge on any atom is -0.494 e. The summed E-state index contributed by atoms with van der Waals surface area (Å²) < 4.78 is 35.9. The lowest BCUT2D eigenvalue weighted by molar-refractivity contribution is 0.0938. The maximum absolute atomic E-state index is 14.0. The maximum Gasteiger partial charge on any atom is 0.252 e. The second-order valence-corrected chi connectivity index (χ2v) is 6.19. The number of hydrogen-bond acceptors (Lipinski definition) is 5. The van der Waals surface area contributed by atoms with Crippen molar-refractivity contribution in [3.63, 3.8) is 0 Å². The summed E-state index contributed by atoms with van der Waals surface area (Å²) in [7, 11) is 1.40. The molecule has 0 radical (unpaired) electrons. The molecule has 2 aromatic rings. The van der Waals surface area contributed by atoms with E-state index in [-0.39, 0.29) is 11.7 Å². The molecule has 2 rings (SSSR count). The van der Waals surface area contributed by atoms with E-state index in [1.807, 2.05) is 20.8 Å². The highest BCUT2D eigenvalue weighted by Crippen LogP contribution is 2.39. The van der Waals surface area contributed by atoms with Gasteiger partial charge in [-0.3, -0.25) is 4.79 Å². The van der Waals surface area contributed by atoms with Crippen molar-refractivity contribution in [1.29, 1.82) is 0 Å². The molecule has 1 amide bonds. The van der Waals surface area contributed by atoms with Gasteiger partial charge in [0.15, 0.2) is 23.1 Å². The van der Waals surface area contributed by atoms with E-state index in [9.17, 15) is 9.18 Å². The van der Waals surface area contributed by atoms with Gasteiger partial charge in [-0.2, -0.15) is 0 Å². The van der Waals surface area contributed by atoms with Crippen LogP contribution in [0.2, 0.25) is 0 Å². The molecule has 158 valence electrons. The largest absolute Gasteiger partial charge is 0.494 e. The third-order valence-electron chi connectivity index (χ3n) is 4.19. The molecule has 0 aliphatic heterocycles. The van der Waals surface area contributed by atoms with Crippen LogP contribution < -0.4 is 24.3 Å². The lowest BCUT2D eigenvalue weighted by atomic mass is 10.1. The predicted molar refractivity (Wildman–Crippen MR) is 109 cm³/mol. The zero-order valence-corrected chi connectivity index (χ0v) is 17.5. The number of nitrogens with one attached hydrogen (secondary N) is 1. The molecule has 7 heteroatoms. The first-order chi connectivity index (χ1) is 13.9. The van der Waals surface area contributed by atoms with Gasteiger partial charge < -0.3 is 24.3 Å². The van der Waals surface area contributed by atoms with Crippen molar-refractivity contribution >= 4 is 5.91 Å². The molecular formula is C22H28FNO5. The van der Waals surface area contributed by atoms with E-state index in [0.29, 0.717) is 48.2 Å². The van der Waals surface area contributed by atoms with Crippen LogP contribution in [-0.4, -0.2) is 32.8 Å². The number of ether oxygens (including phenoxy) is 4. The third-order valence-corrected chi connectivity index (χ3v) is 4.19. The highest BCUT2D eigenvalue weighted by molar-refractivity contribution is 5.95. The number of halogens is 1. The first-order valence-electron chi connectivity index (χ1n) is 9.65. The Hall–Kier alpha value is -2.96. The molecule has 1 N–H and O–H groups in total. The molecular weight excluding hydrogens is 377 g/mol. The molecule has 0 saturated carbocycles. The summed E-state index contributed by atoms with van der Waals surface area (Å²) >= 11 is 0. The number of carbonyl (C=O) groups excluding carboxylic acids is 1. The Labute approximate surface area is 170 Å². The number of rotatable bonds is 10. The van der Waals surface area contributed by atoms with Crippen molar-refractivity contribution in [1.82, 2.24) is 5.32 Å². The maximum atomic E-state index is 14.0. The second kappa shape index (κ2) is 10.5. The minimum atomic E-state index is -0.482. The summed E-state index contributed by atoms with van der Waals surface area (Å²) in [5.41, 5.74) is 0.985. The molecule has 0 bridgehead atoms. The van der Waals surface area contributed by atoms with Crippen molar-refractivity contribution in [2.75, 3.05) is 26.9 Å². The average Bonchev–Trinajstić information content (AvgIpc) is 2.70. The fraction of sp³-hybridized carbons (Fsp3) is 0.409. The molecule has 0 heterocycles. The van der Waals surface area contributed by atoms with Crippen molar-refractivity contribution < 1.29 is 28.1 Å². The zero-order valence-electron chi connectivity index (χ0n) is 17.5. The Morgan fingerprint density at radius 2 is 1.55 bits per heavy atom. The van der Waals surface area contributed by atoms with Gasteiger partial charge in [0.05, 0.1) is 33.0 Å². The molecule has 0 saturated heterocycles. The molecule has 0 spiro atoms. The van der Waals surface area contributed by atoms with E-state index in [4.69, 9.17) is 18.9 Å². The Morgan fingerprint density at radius 3 is 2.03 bits per heavy atom. The highest BCUT2D eigenvalue weighted by Gasteiger charge is 2.20. The van der Waals surface area contributed by atoms with Crippen LogP contribution in [-0.2, 0) is 0 Å². The lowest BCUT2D eigenvalue weighted by Gasteiger charge is -2.19. The number of methoxy groups -OCH3 is 1. The summed E-state index contributed by atoms with van der Waals surface area (Å²) in [6.07, 6.45) is 0. The van der Waals surface area contributed by atoms with Gasteiger partial charge in [0.1, 0.15) is 0 Å². The van der Waals surface area contributed by atoms with Crippen molar-refractivity contribution in [2.24, 2.45) is 0 Å². The van der Waals surface area contributed by atoms with E-state index in [1.165, 1.54) is 19.2 Å². The SMILES string of the molecule is CCOc1cc(C(=O)N[C@H](C)c2ccc(OC)c(F)c2)cc(OCC)c1OCC. The smallest absolute Gasteiger partial charge is 0.252 e. The van der Waals surface area contributed by atoms with E-state index < -0.39 is 11.9 Å². The Morgan fingerprint density at radius 1 is 0.966 bits per heavy atom. The molecule has 0 fully saturated rings. The van der Waals surface area contributed by atoms with Gasteiger partial charge in [-0.1, -0.05) is 6.07 Å². The highest BCUT2D eigenvalue weighted by atomic mass is 19.1. The van der Waals surface area contributed by atoms with Gasteiger partial charge in [-0.25, -0.2) is 4.39 Å². The molecule has 0 aliphatic carbocycles. The molecule has 0 aromatic heterocycles. The fourth-order valence-electron chi connectivity index (χ4n) is 2.84. The Bertz CT molecular complexity index is 813. The average molecular weight is 405 g/mol. The Balaban J connectivity index is 2.30. The van der Waals surface area contributed by atoms with Crippen LogP contribution in [0.1, 0.15) is 49.7 Å². The monoisotopic (exact) mass is 405 g/mol. The summed E-state index contributed by atoms with van der Waals surface area (Å²) in [6, 6.07) is 7.41. The third kappa shape index (κ3) is 5.53. The first-order valence-corrected chi connectivity index (χ1v) is 9.65. The van der Waals surface area contributed by atoms with Crippen molar-refractivity contribution in [3.8, 4) is 23.0 Å². The topological polar surface area (TPSA) is 66.0 Å². The zero-order chi connectivity index (χ0) is 21.4. The van der Waals surface area contributed by atoms with E-state index >= 15 is 0 Å². The van der Waals surface area contributed by atoms with Crippen LogP contribution in [0.25, 0.3) is 0 Å². The van der Waals surface area contributed by atoms with Gasteiger partial charge >= 0.3 is 0 Å². The molecule has 0 aliphatic rings. The van der Waals surface area contributed by atoms with Crippen molar-refractivity contribution in [3.05, 3.63) is 47.3 Å². The van der Waals surface area contributed by atoms with E-state index in [1.54, 1.807) is 25.1 Å². The summed E-state index contributed by atoms with van der Waals surface area (Å²) in [4.78, 5) is 12.8. The molecule has 0 unspecified atom stereocenters. The first kappa shape index (κ1) is 22.3. The van der Waals surface area contributed by atoms with Crippen LogP contribution >= 0.6 is 0 Å². The van der Waals surface area contributed by atoms with E-state index in [0.717, 1.165) is 0 Å². The van der Waals surface area contributed by atoms with Gasteiger partial charge in [-0.05, 0) is 57.5 Å². The van der Waals surface area contributed by atoms with Crippen LogP contribution in [0.3, 0.4) is 0 Å².